The first-order valence-electron chi connectivity index (χ1n) is 7.46. The number of Topliss-reactive ketones (excluding diaryl/α,β-unsaturated/α-hetero) is 2. The molecule has 5 nitrogen and oxygen atoms in total. The van der Waals surface area contributed by atoms with Crippen molar-refractivity contribution in [3.8, 4) is 23.0 Å². The molecule has 2 aromatic carbocycles. The second-order valence-electron chi connectivity index (χ2n) is 5.63. The van der Waals surface area contributed by atoms with Crippen LogP contribution in [0.25, 0.3) is 0 Å². The monoisotopic (exact) mass is 338 g/mol. The highest BCUT2D eigenvalue weighted by atomic mass is 16.5. The van der Waals surface area contributed by atoms with E-state index in [2.05, 4.69) is 13.2 Å². The van der Waals surface area contributed by atoms with E-state index in [0.717, 1.165) is 0 Å². The number of ether oxygens (including phenoxy) is 1. The van der Waals surface area contributed by atoms with Gasteiger partial charge in [0.25, 0.3) is 0 Å². The van der Waals surface area contributed by atoms with Crippen LogP contribution in [0.1, 0.15) is 34.6 Å². The topological polar surface area (TPSA) is 83.8 Å². The van der Waals surface area contributed by atoms with Crippen molar-refractivity contribution in [2.24, 2.45) is 0 Å². The SMILES string of the molecule is C=C(C)C(=O)c1ccc(O)c(Oc2ccccc2O)c1C(=O)C(=C)C. The summed E-state index contributed by atoms with van der Waals surface area (Å²) in [5.74, 6) is -1.70. The van der Waals surface area contributed by atoms with E-state index in [1.54, 1.807) is 12.1 Å². The number of benzene rings is 2. The van der Waals surface area contributed by atoms with Crippen molar-refractivity contribution in [2.45, 2.75) is 13.8 Å². The lowest BCUT2D eigenvalue weighted by molar-refractivity contribution is 0.0997. The highest BCUT2D eigenvalue weighted by molar-refractivity contribution is 6.20. The first kappa shape index (κ1) is 18.0. The summed E-state index contributed by atoms with van der Waals surface area (Å²) in [6.45, 7) is 10.2. The van der Waals surface area contributed by atoms with Crippen molar-refractivity contribution in [3.05, 3.63) is 71.8 Å². The predicted octanol–water partition coefficient (Wildman–Crippen LogP) is 4.41. The number of phenols is 2. The van der Waals surface area contributed by atoms with E-state index in [0.29, 0.717) is 0 Å². The molecular weight excluding hydrogens is 320 g/mol. The molecule has 0 unspecified atom stereocenters. The molecule has 5 heteroatoms. The maximum absolute atomic E-state index is 12.6. The number of rotatable bonds is 6. The average molecular weight is 338 g/mol. The molecule has 0 atom stereocenters. The Morgan fingerprint density at radius 1 is 0.880 bits per heavy atom. The number of hydrogen-bond acceptors (Lipinski definition) is 5. The third kappa shape index (κ3) is 3.61. The molecule has 0 saturated heterocycles. The number of hydrogen-bond donors (Lipinski definition) is 2. The molecule has 0 fully saturated rings. The van der Waals surface area contributed by atoms with E-state index in [-0.39, 0.29) is 45.3 Å². The summed E-state index contributed by atoms with van der Waals surface area (Å²) in [4.78, 5) is 25.0. The van der Waals surface area contributed by atoms with Crippen LogP contribution in [-0.2, 0) is 0 Å². The van der Waals surface area contributed by atoms with E-state index in [9.17, 15) is 19.8 Å². The Bertz CT molecular complexity index is 893. The van der Waals surface area contributed by atoms with Crippen LogP contribution in [0.4, 0.5) is 0 Å². The normalized spacial score (nSPS) is 10.2. The molecule has 0 aliphatic carbocycles. The molecule has 0 spiro atoms. The number of para-hydroxylation sites is 2. The summed E-state index contributed by atoms with van der Waals surface area (Å²) >= 11 is 0. The molecule has 0 aromatic heterocycles. The van der Waals surface area contributed by atoms with Gasteiger partial charge in [-0.25, -0.2) is 0 Å². The number of ketones is 2. The Morgan fingerprint density at radius 3 is 2.04 bits per heavy atom. The summed E-state index contributed by atoms with van der Waals surface area (Å²) < 4.78 is 5.57. The molecule has 2 rings (SSSR count). The van der Waals surface area contributed by atoms with E-state index < -0.39 is 11.6 Å². The van der Waals surface area contributed by atoms with Crippen LogP contribution < -0.4 is 4.74 Å². The van der Waals surface area contributed by atoms with Gasteiger partial charge < -0.3 is 14.9 Å². The van der Waals surface area contributed by atoms with E-state index >= 15 is 0 Å². The van der Waals surface area contributed by atoms with Crippen molar-refractivity contribution in [1.29, 1.82) is 0 Å². The van der Waals surface area contributed by atoms with Crippen molar-refractivity contribution < 1.29 is 24.5 Å². The summed E-state index contributed by atoms with van der Waals surface area (Å²) in [6, 6.07) is 8.67. The molecule has 0 aliphatic rings. The molecule has 0 saturated carbocycles. The number of allylic oxidation sites excluding steroid dienone is 2. The first-order valence-corrected chi connectivity index (χ1v) is 7.46. The van der Waals surface area contributed by atoms with Crippen LogP contribution >= 0.6 is 0 Å². The maximum Gasteiger partial charge on any atom is 0.192 e. The van der Waals surface area contributed by atoms with Gasteiger partial charge >= 0.3 is 0 Å². The summed E-state index contributed by atoms with van der Waals surface area (Å²) in [5.41, 5.74) is 0.325. The minimum Gasteiger partial charge on any atom is -0.504 e. The zero-order valence-electron chi connectivity index (χ0n) is 14.0. The quantitative estimate of drug-likeness (QED) is 0.602. The van der Waals surface area contributed by atoms with Crippen LogP contribution in [0.2, 0.25) is 0 Å². The first-order chi connectivity index (χ1) is 11.7. The van der Waals surface area contributed by atoms with Gasteiger partial charge in [0, 0.05) is 5.56 Å². The molecular formula is C20H18O5. The van der Waals surface area contributed by atoms with Gasteiger partial charge in [-0.1, -0.05) is 25.3 Å². The van der Waals surface area contributed by atoms with Crippen molar-refractivity contribution in [1.82, 2.24) is 0 Å². The zero-order chi connectivity index (χ0) is 18.7. The van der Waals surface area contributed by atoms with Gasteiger partial charge in [-0.05, 0) is 49.3 Å². The van der Waals surface area contributed by atoms with Gasteiger partial charge in [0.05, 0.1) is 5.56 Å². The third-order valence-electron chi connectivity index (χ3n) is 3.46. The van der Waals surface area contributed by atoms with Crippen LogP contribution in [0.5, 0.6) is 23.0 Å². The lowest BCUT2D eigenvalue weighted by Gasteiger charge is -2.16. The van der Waals surface area contributed by atoms with Gasteiger partial charge in [0.1, 0.15) is 0 Å². The van der Waals surface area contributed by atoms with Crippen molar-refractivity contribution in [3.63, 3.8) is 0 Å². The van der Waals surface area contributed by atoms with Gasteiger partial charge in [-0.3, -0.25) is 9.59 Å². The largest absolute Gasteiger partial charge is 0.504 e. The summed E-state index contributed by atoms with van der Waals surface area (Å²) in [5, 5.41) is 20.1. The Hall–Kier alpha value is -3.34. The molecule has 0 heterocycles. The number of aromatic hydroxyl groups is 2. The molecule has 25 heavy (non-hydrogen) atoms. The average Bonchev–Trinajstić information content (AvgIpc) is 2.56. The van der Waals surface area contributed by atoms with Gasteiger partial charge in [-0.2, -0.15) is 0 Å². The number of carbonyl (C=O) groups is 2. The fourth-order valence-electron chi connectivity index (χ4n) is 2.19. The van der Waals surface area contributed by atoms with Gasteiger partial charge in [0.15, 0.2) is 34.6 Å². The van der Waals surface area contributed by atoms with Crippen LogP contribution in [0.15, 0.2) is 60.7 Å². The highest BCUT2D eigenvalue weighted by Gasteiger charge is 2.26. The Morgan fingerprint density at radius 2 is 1.48 bits per heavy atom. The second-order valence-corrected chi connectivity index (χ2v) is 5.63. The Kier molecular flexibility index (Phi) is 5.08. The van der Waals surface area contributed by atoms with Crippen LogP contribution in [-0.4, -0.2) is 21.8 Å². The van der Waals surface area contributed by atoms with E-state index in [1.807, 2.05) is 0 Å². The second kappa shape index (κ2) is 7.05. The molecule has 128 valence electrons. The summed E-state index contributed by atoms with van der Waals surface area (Å²) in [6.07, 6.45) is 0. The molecule has 0 radical (unpaired) electrons. The lowest BCUT2D eigenvalue weighted by Crippen LogP contribution is -2.12. The molecule has 0 aliphatic heterocycles. The number of phenolic OH excluding ortho intramolecular Hbond substituents is 2. The molecule has 2 N–H and O–H groups in total. The Balaban J connectivity index is 2.73. The summed E-state index contributed by atoms with van der Waals surface area (Å²) in [7, 11) is 0. The molecule has 0 bridgehead atoms. The van der Waals surface area contributed by atoms with Crippen LogP contribution in [0.3, 0.4) is 0 Å². The minimum atomic E-state index is -0.550. The highest BCUT2D eigenvalue weighted by Crippen LogP contribution is 2.40. The van der Waals surface area contributed by atoms with E-state index in [1.165, 1.54) is 38.1 Å². The molecule has 2 aromatic rings. The zero-order valence-corrected chi connectivity index (χ0v) is 14.0. The Labute approximate surface area is 145 Å². The fraction of sp³-hybridized carbons (Fsp3) is 0.100. The van der Waals surface area contributed by atoms with Gasteiger partial charge in [-0.15, -0.1) is 0 Å². The lowest BCUT2D eigenvalue weighted by atomic mass is 9.93. The van der Waals surface area contributed by atoms with Crippen molar-refractivity contribution in [2.75, 3.05) is 0 Å². The standard InChI is InChI=1S/C20H18O5/c1-11(2)18(23)13-9-10-15(22)20(17(13)19(24)12(3)4)25-16-8-6-5-7-14(16)21/h5-10,21-22H,1,3H2,2,4H3. The van der Waals surface area contributed by atoms with Crippen molar-refractivity contribution >= 4 is 11.6 Å². The maximum atomic E-state index is 12.6. The van der Waals surface area contributed by atoms with Crippen LogP contribution in [0, 0.1) is 0 Å². The predicted molar refractivity (Wildman–Crippen MR) is 94.6 cm³/mol. The van der Waals surface area contributed by atoms with Gasteiger partial charge in [0.2, 0.25) is 0 Å². The molecule has 0 amide bonds. The number of carbonyl (C=O) groups excluding carboxylic acids is 2. The van der Waals surface area contributed by atoms with E-state index in [4.69, 9.17) is 4.74 Å². The fourth-order valence-corrected chi connectivity index (χ4v) is 2.19. The minimum absolute atomic E-state index is 0.0356. The third-order valence-corrected chi connectivity index (χ3v) is 3.46. The smallest absolute Gasteiger partial charge is 0.192 e.